The molecule has 0 aromatic carbocycles. The summed E-state index contributed by atoms with van der Waals surface area (Å²) in [6.07, 6.45) is 5.40. The van der Waals surface area contributed by atoms with Gasteiger partial charge in [0, 0.05) is 5.41 Å². The number of hydrogen-bond donors (Lipinski definition) is 1. The van der Waals surface area contributed by atoms with Gasteiger partial charge in [0.25, 0.3) is 0 Å². The molecule has 3 heteroatoms. The second-order valence-corrected chi connectivity index (χ2v) is 5.50. The van der Waals surface area contributed by atoms with Crippen molar-refractivity contribution in [3.8, 4) is 0 Å². The van der Waals surface area contributed by atoms with Crippen molar-refractivity contribution in [2.24, 2.45) is 5.41 Å². The lowest BCUT2D eigenvalue weighted by atomic mass is 9.80. The smallest absolute Gasteiger partial charge is 0.228 e. The Hall–Kier alpha value is -0.570. The molecule has 3 nitrogen and oxygen atoms in total. The molecular weight excluding hydrogens is 190 g/mol. The molecule has 0 aromatic rings. The Morgan fingerprint density at radius 3 is 2.27 bits per heavy atom. The number of likely N-dealkylation sites (tertiary alicyclic amines) is 1. The molecule has 1 saturated heterocycles. The zero-order valence-electron chi connectivity index (χ0n) is 9.75. The van der Waals surface area contributed by atoms with Crippen molar-refractivity contribution in [2.75, 3.05) is 13.1 Å². The lowest BCUT2D eigenvalue weighted by molar-refractivity contribution is -0.163. The van der Waals surface area contributed by atoms with Gasteiger partial charge in [0.15, 0.2) is 0 Å². The summed E-state index contributed by atoms with van der Waals surface area (Å²) in [5.74, 6) is 0.286. The van der Waals surface area contributed by atoms with E-state index in [-0.39, 0.29) is 11.3 Å². The van der Waals surface area contributed by atoms with Gasteiger partial charge >= 0.3 is 0 Å². The fourth-order valence-electron chi connectivity index (χ4n) is 3.03. The Balaban J connectivity index is 2.01. The van der Waals surface area contributed by atoms with E-state index in [0.717, 1.165) is 19.3 Å². The highest BCUT2D eigenvalue weighted by molar-refractivity contribution is 5.84. The molecule has 2 rings (SSSR count). The first kappa shape index (κ1) is 10.9. The largest absolute Gasteiger partial charge is 0.386 e. The highest BCUT2D eigenvalue weighted by atomic mass is 16.3. The van der Waals surface area contributed by atoms with E-state index in [1.165, 1.54) is 12.8 Å². The molecule has 1 aliphatic carbocycles. The van der Waals surface area contributed by atoms with Crippen molar-refractivity contribution < 1.29 is 9.90 Å². The van der Waals surface area contributed by atoms with Crippen LogP contribution in [0.25, 0.3) is 0 Å². The minimum Gasteiger partial charge on any atom is -0.386 e. The Labute approximate surface area is 91.5 Å². The topological polar surface area (TPSA) is 40.5 Å². The third-order valence-corrected chi connectivity index (χ3v) is 4.04. The minimum atomic E-state index is -0.636. The third-order valence-electron chi connectivity index (χ3n) is 4.04. The Morgan fingerprint density at radius 1 is 1.33 bits per heavy atom. The van der Waals surface area contributed by atoms with Crippen molar-refractivity contribution in [3.63, 3.8) is 0 Å². The van der Waals surface area contributed by atoms with Gasteiger partial charge in [0.1, 0.15) is 0 Å². The molecule has 1 aliphatic heterocycles. The van der Waals surface area contributed by atoms with Crippen LogP contribution >= 0.6 is 0 Å². The van der Waals surface area contributed by atoms with Crippen molar-refractivity contribution in [1.29, 1.82) is 0 Å². The molecule has 15 heavy (non-hydrogen) atoms. The summed E-state index contributed by atoms with van der Waals surface area (Å²) < 4.78 is 0. The van der Waals surface area contributed by atoms with E-state index < -0.39 is 5.60 Å². The predicted molar refractivity (Wildman–Crippen MR) is 58.4 cm³/mol. The first-order valence-corrected chi connectivity index (χ1v) is 6.01. The van der Waals surface area contributed by atoms with Gasteiger partial charge in [-0.05, 0) is 26.2 Å². The average Bonchev–Trinajstić information content (AvgIpc) is 2.62. The van der Waals surface area contributed by atoms with Crippen LogP contribution in [-0.4, -0.2) is 34.6 Å². The molecule has 0 bridgehead atoms. The summed E-state index contributed by atoms with van der Waals surface area (Å²) in [4.78, 5) is 14.1. The summed E-state index contributed by atoms with van der Waals surface area (Å²) in [6.45, 7) is 4.95. The summed E-state index contributed by atoms with van der Waals surface area (Å²) >= 11 is 0. The lowest BCUT2D eigenvalue weighted by Gasteiger charge is -2.47. The second kappa shape index (κ2) is 3.48. The second-order valence-electron chi connectivity index (χ2n) is 5.50. The summed E-state index contributed by atoms with van der Waals surface area (Å²) in [5, 5.41) is 9.64. The van der Waals surface area contributed by atoms with E-state index in [0.29, 0.717) is 13.1 Å². The molecule has 2 aliphatic rings. The molecule has 0 atom stereocenters. The van der Waals surface area contributed by atoms with Gasteiger partial charge in [0.05, 0.1) is 18.7 Å². The fraction of sp³-hybridized carbons (Fsp3) is 0.917. The molecular formula is C12H21NO2. The fourth-order valence-corrected chi connectivity index (χ4v) is 3.03. The number of β-amino-alcohol motifs (C(OH)–C–C–N with tert-alkyl or cyclic N) is 1. The zero-order chi connectivity index (χ0) is 11.1. The van der Waals surface area contributed by atoms with Crippen LogP contribution in [0.3, 0.4) is 0 Å². The van der Waals surface area contributed by atoms with Crippen LogP contribution in [-0.2, 0) is 4.79 Å². The predicted octanol–water partition coefficient (Wildman–Crippen LogP) is 1.55. The van der Waals surface area contributed by atoms with Gasteiger partial charge in [-0.3, -0.25) is 4.79 Å². The molecule has 1 N–H and O–H groups in total. The van der Waals surface area contributed by atoms with E-state index in [2.05, 4.69) is 6.92 Å². The highest BCUT2D eigenvalue weighted by Gasteiger charge is 2.48. The standard InChI is InChI=1S/C12H21NO2/c1-3-12(6-4-5-7-12)10(14)13-8-11(2,15)9-13/h15H,3-9H2,1-2H3. The maximum absolute atomic E-state index is 12.3. The summed E-state index contributed by atoms with van der Waals surface area (Å²) in [5.41, 5.74) is -0.723. The van der Waals surface area contributed by atoms with Crippen LogP contribution in [0.4, 0.5) is 0 Å². The Bertz CT molecular complexity index is 259. The van der Waals surface area contributed by atoms with Crippen molar-refractivity contribution in [3.05, 3.63) is 0 Å². The molecule has 86 valence electrons. The number of nitrogens with zero attached hydrogens (tertiary/aromatic N) is 1. The minimum absolute atomic E-state index is 0.0868. The van der Waals surface area contributed by atoms with Gasteiger partial charge in [-0.25, -0.2) is 0 Å². The SMILES string of the molecule is CCC1(C(=O)N2CC(C)(O)C2)CCCC1. The van der Waals surface area contributed by atoms with E-state index in [1.54, 1.807) is 6.92 Å². The maximum Gasteiger partial charge on any atom is 0.228 e. The number of rotatable bonds is 2. The molecule has 0 unspecified atom stereocenters. The van der Waals surface area contributed by atoms with E-state index in [9.17, 15) is 9.90 Å². The normalized spacial score (nSPS) is 27.5. The molecule has 0 radical (unpaired) electrons. The van der Waals surface area contributed by atoms with Crippen LogP contribution in [0.2, 0.25) is 0 Å². The number of hydrogen-bond acceptors (Lipinski definition) is 2. The van der Waals surface area contributed by atoms with Crippen LogP contribution in [0, 0.1) is 5.41 Å². The van der Waals surface area contributed by atoms with Crippen molar-refractivity contribution in [1.82, 2.24) is 4.90 Å². The number of amides is 1. The van der Waals surface area contributed by atoms with Crippen molar-refractivity contribution in [2.45, 2.75) is 51.6 Å². The van der Waals surface area contributed by atoms with Gasteiger partial charge in [-0.15, -0.1) is 0 Å². The zero-order valence-corrected chi connectivity index (χ0v) is 9.75. The number of carbonyl (C=O) groups excluding carboxylic acids is 1. The molecule has 0 spiro atoms. The van der Waals surface area contributed by atoms with Gasteiger partial charge in [0.2, 0.25) is 5.91 Å². The molecule has 1 saturated carbocycles. The first-order valence-electron chi connectivity index (χ1n) is 6.01. The Kier molecular flexibility index (Phi) is 2.53. The van der Waals surface area contributed by atoms with Gasteiger partial charge in [-0.2, -0.15) is 0 Å². The van der Waals surface area contributed by atoms with E-state index >= 15 is 0 Å². The number of carbonyl (C=O) groups is 1. The van der Waals surface area contributed by atoms with Crippen LogP contribution in [0.1, 0.15) is 46.0 Å². The first-order chi connectivity index (χ1) is 6.99. The van der Waals surface area contributed by atoms with E-state index in [1.807, 2.05) is 4.90 Å². The van der Waals surface area contributed by atoms with Crippen LogP contribution in [0.15, 0.2) is 0 Å². The highest BCUT2D eigenvalue weighted by Crippen LogP contribution is 2.43. The molecule has 2 fully saturated rings. The summed E-state index contributed by atoms with van der Waals surface area (Å²) in [7, 11) is 0. The van der Waals surface area contributed by atoms with Crippen LogP contribution < -0.4 is 0 Å². The molecule has 1 heterocycles. The maximum atomic E-state index is 12.3. The third kappa shape index (κ3) is 1.78. The van der Waals surface area contributed by atoms with Gasteiger partial charge < -0.3 is 10.0 Å². The van der Waals surface area contributed by atoms with Crippen LogP contribution in [0.5, 0.6) is 0 Å². The quantitative estimate of drug-likeness (QED) is 0.753. The molecule has 0 aromatic heterocycles. The summed E-state index contributed by atoms with van der Waals surface area (Å²) in [6, 6.07) is 0. The van der Waals surface area contributed by atoms with Crippen molar-refractivity contribution >= 4 is 5.91 Å². The lowest BCUT2D eigenvalue weighted by Crippen LogP contribution is -2.64. The number of aliphatic hydroxyl groups is 1. The Morgan fingerprint density at radius 2 is 1.87 bits per heavy atom. The monoisotopic (exact) mass is 211 g/mol. The van der Waals surface area contributed by atoms with Gasteiger partial charge in [-0.1, -0.05) is 19.8 Å². The average molecular weight is 211 g/mol. The molecule has 1 amide bonds. The van der Waals surface area contributed by atoms with E-state index in [4.69, 9.17) is 0 Å².